The van der Waals surface area contributed by atoms with E-state index in [9.17, 15) is 0 Å². The molecule has 0 aliphatic rings. The molecule has 0 saturated heterocycles. The lowest BCUT2D eigenvalue weighted by Crippen LogP contribution is -2.50. The highest BCUT2D eigenvalue weighted by molar-refractivity contribution is 6.53. The van der Waals surface area contributed by atoms with Gasteiger partial charge in [-0.3, -0.25) is 0 Å². The molecular formula is C28H63AlO7Si. The van der Waals surface area contributed by atoms with Crippen LogP contribution in [0.2, 0.25) is 0 Å². The molecule has 0 aliphatic carbocycles. The number of hydrogen-bond acceptors (Lipinski definition) is 7. The van der Waals surface area contributed by atoms with Gasteiger partial charge in [0.25, 0.3) is 0 Å². The van der Waals surface area contributed by atoms with Crippen LogP contribution in [0.25, 0.3) is 0 Å². The first kappa shape index (κ1) is 39.6. The van der Waals surface area contributed by atoms with Gasteiger partial charge in [0.1, 0.15) is 0 Å². The van der Waals surface area contributed by atoms with Crippen molar-refractivity contribution in [1.29, 1.82) is 0 Å². The predicted molar refractivity (Wildman–Crippen MR) is 158 cm³/mol. The second kappa shape index (κ2) is 32.7. The van der Waals surface area contributed by atoms with E-state index in [0.717, 1.165) is 110 Å². The van der Waals surface area contributed by atoms with Crippen LogP contribution < -0.4 is 0 Å². The third-order valence-electron chi connectivity index (χ3n) is 5.36. The average molecular weight is 567 g/mol. The van der Waals surface area contributed by atoms with E-state index in [-0.39, 0.29) is 0 Å². The number of hydrogen-bond donors (Lipinski definition) is 0. The minimum atomic E-state index is -2.94. The van der Waals surface area contributed by atoms with E-state index in [1.807, 2.05) is 0 Å². The van der Waals surface area contributed by atoms with Crippen LogP contribution in [0.5, 0.6) is 0 Å². The molecule has 37 heavy (non-hydrogen) atoms. The van der Waals surface area contributed by atoms with Crippen LogP contribution in [0.1, 0.15) is 138 Å². The Kier molecular flexibility index (Phi) is 35.0. The van der Waals surface area contributed by atoms with Crippen LogP contribution in [0.15, 0.2) is 0 Å². The van der Waals surface area contributed by atoms with Crippen molar-refractivity contribution in [2.75, 3.05) is 46.2 Å². The monoisotopic (exact) mass is 566 g/mol. The highest BCUT2D eigenvalue weighted by Gasteiger charge is 2.45. The summed E-state index contributed by atoms with van der Waals surface area (Å²) in [6.07, 6.45) is 15.2. The van der Waals surface area contributed by atoms with E-state index in [0.29, 0.717) is 26.4 Å². The molecule has 0 rings (SSSR count). The molecule has 224 valence electrons. The molecule has 0 bridgehead atoms. The van der Waals surface area contributed by atoms with E-state index in [1.165, 1.54) is 0 Å². The van der Waals surface area contributed by atoms with Gasteiger partial charge in [-0.15, -0.1) is 0 Å². The zero-order valence-electron chi connectivity index (χ0n) is 25.8. The second-order valence-electron chi connectivity index (χ2n) is 9.27. The average Bonchev–Trinajstić information content (AvgIpc) is 2.90. The minimum Gasteiger partial charge on any atom is -0.454 e. The smallest absolute Gasteiger partial charge is 0.454 e. The molecule has 0 aromatic carbocycles. The Morgan fingerprint density at radius 1 is 0.351 bits per heavy atom. The maximum absolute atomic E-state index is 5.98. The fraction of sp³-hybridized carbons (Fsp3) is 1.00. The van der Waals surface area contributed by atoms with Crippen LogP contribution >= 0.6 is 0 Å². The van der Waals surface area contributed by atoms with Gasteiger partial charge in [0.2, 0.25) is 0 Å². The molecule has 0 N–H and O–H groups in total. The lowest BCUT2D eigenvalue weighted by molar-refractivity contribution is -0.0368. The van der Waals surface area contributed by atoms with Gasteiger partial charge >= 0.3 is 24.2 Å². The van der Waals surface area contributed by atoms with Gasteiger partial charge in [-0.25, -0.2) is 0 Å². The molecule has 0 aromatic heterocycles. The predicted octanol–water partition coefficient (Wildman–Crippen LogP) is 8.11. The van der Waals surface area contributed by atoms with Gasteiger partial charge in [0, 0.05) is 46.2 Å². The van der Waals surface area contributed by atoms with Crippen LogP contribution in [-0.4, -0.2) is 70.4 Å². The Hall–Kier alpha value is 0.469. The molecular weight excluding hydrogens is 503 g/mol. The summed E-state index contributed by atoms with van der Waals surface area (Å²) in [5.74, 6) is 0. The molecule has 0 fully saturated rings. The van der Waals surface area contributed by atoms with Crippen molar-refractivity contribution in [3.8, 4) is 0 Å². The summed E-state index contributed by atoms with van der Waals surface area (Å²) in [5, 5.41) is 0. The molecule has 9 heteroatoms. The van der Waals surface area contributed by atoms with Crippen molar-refractivity contribution >= 4 is 24.2 Å². The Morgan fingerprint density at radius 3 is 0.784 bits per heavy atom. The Balaban J connectivity index is 0. The maximum atomic E-state index is 5.98. The van der Waals surface area contributed by atoms with Crippen LogP contribution in [0, 0.1) is 0 Å². The van der Waals surface area contributed by atoms with Gasteiger partial charge < -0.3 is 29.1 Å². The Morgan fingerprint density at radius 2 is 0.568 bits per heavy atom. The van der Waals surface area contributed by atoms with Crippen molar-refractivity contribution in [3.05, 3.63) is 0 Å². The molecule has 0 spiro atoms. The lowest BCUT2D eigenvalue weighted by Gasteiger charge is -2.28. The van der Waals surface area contributed by atoms with Gasteiger partial charge in [0.15, 0.2) is 0 Å². The van der Waals surface area contributed by atoms with Crippen molar-refractivity contribution in [2.24, 2.45) is 0 Å². The molecule has 0 saturated carbocycles. The molecule has 0 amide bonds. The molecule has 0 atom stereocenters. The molecule has 0 unspecified atom stereocenters. The third-order valence-corrected chi connectivity index (χ3v) is 9.12. The first-order valence-electron chi connectivity index (χ1n) is 15.5. The van der Waals surface area contributed by atoms with Crippen LogP contribution in [0.4, 0.5) is 0 Å². The molecule has 0 radical (unpaired) electrons. The SMILES string of the molecule is CCCCO[Si](OCCCC)(OCCCC)OCCCC.CCCC[O][Al]([O]CCCC)[O]CCCC. The standard InChI is InChI=1S/C16H36O4Si.3C4H9O.Al/c1-5-9-13-17-21(18-14-10-6-2,19-15-11-7-3)20-16-12-8-4;3*1-2-3-4-5;/h5-16H2,1-4H3;3*2-4H2,1H3;/q;3*-1;+3. The molecule has 0 aliphatic heterocycles. The van der Waals surface area contributed by atoms with Gasteiger partial charge in [-0.2, -0.15) is 0 Å². The van der Waals surface area contributed by atoms with Crippen molar-refractivity contribution in [2.45, 2.75) is 138 Å². The van der Waals surface area contributed by atoms with Gasteiger partial charge in [-0.05, 0) is 44.9 Å². The summed E-state index contributed by atoms with van der Waals surface area (Å²) >= 11 is -1.83. The fourth-order valence-corrected chi connectivity index (χ4v) is 6.18. The Bertz CT molecular complexity index is 353. The zero-order chi connectivity index (χ0) is 27.9. The van der Waals surface area contributed by atoms with E-state index in [4.69, 9.17) is 29.1 Å². The van der Waals surface area contributed by atoms with E-state index >= 15 is 0 Å². The molecule has 7 nitrogen and oxygen atoms in total. The largest absolute Gasteiger partial charge is 0.905 e. The summed E-state index contributed by atoms with van der Waals surface area (Å²) in [5.41, 5.74) is 0. The summed E-state index contributed by atoms with van der Waals surface area (Å²) in [4.78, 5) is 0. The molecule has 0 heterocycles. The summed E-state index contributed by atoms with van der Waals surface area (Å²) < 4.78 is 40.9. The maximum Gasteiger partial charge on any atom is 0.905 e. The quantitative estimate of drug-likeness (QED) is 0.0700. The number of rotatable bonds is 28. The fourth-order valence-electron chi connectivity index (χ4n) is 2.73. The highest BCUT2D eigenvalue weighted by atomic mass is 28.4. The van der Waals surface area contributed by atoms with E-state index in [1.54, 1.807) is 0 Å². The van der Waals surface area contributed by atoms with Gasteiger partial charge in [-0.1, -0.05) is 93.4 Å². The minimum absolute atomic E-state index is 0.660. The van der Waals surface area contributed by atoms with Crippen LogP contribution in [-0.2, 0) is 29.1 Å². The van der Waals surface area contributed by atoms with Crippen LogP contribution in [0.3, 0.4) is 0 Å². The first-order valence-corrected chi connectivity index (χ1v) is 18.5. The number of unbranched alkanes of at least 4 members (excludes halogenated alkanes) is 7. The summed E-state index contributed by atoms with van der Waals surface area (Å²) in [6, 6.07) is 0. The van der Waals surface area contributed by atoms with Crippen molar-refractivity contribution in [1.82, 2.24) is 0 Å². The summed E-state index contributed by atoms with van der Waals surface area (Å²) in [7, 11) is -2.94. The topological polar surface area (TPSA) is 64.6 Å². The van der Waals surface area contributed by atoms with E-state index in [2.05, 4.69) is 48.5 Å². The zero-order valence-corrected chi connectivity index (χ0v) is 27.9. The van der Waals surface area contributed by atoms with E-state index < -0.39 is 24.2 Å². The lowest BCUT2D eigenvalue weighted by atomic mass is 10.4. The highest BCUT2D eigenvalue weighted by Crippen LogP contribution is 2.16. The second-order valence-corrected chi connectivity index (χ2v) is 13.0. The van der Waals surface area contributed by atoms with Gasteiger partial charge in [0.05, 0.1) is 0 Å². The third kappa shape index (κ3) is 27.8. The molecule has 0 aromatic rings. The normalized spacial score (nSPS) is 11.4. The first-order chi connectivity index (χ1) is 18.1. The van der Waals surface area contributed by atoms with Crippen molar-refractivity contribution < 1.29 is 29.1 Å². The Labute approximate surface area is 237 Å². The summed E-state index contributed by atoms with van der Waals surface area (Å²) in [6.45, 7) is 20.1. The van der Waals surface area contributed by atoms with Crippen molar-refractivity contribution in [3.63, 3.8) is 0 Å².